The Morgan fingerprint density at radius 2 is 2.13 bits per heavy atom. The summed E-state index contributed by atoms with van der Waals surface area (Å²) in [5.74, 6) is 0.733. The van der Waals surface area contributed by atoms with E-state index in [4.69, 9.17) is 0 Å². The van der Waals surface area contributed by atoms with Crippen LogP contribution in [0.15, 0.2) is 9.21 Å². The van der Waals surface area contributed by atoms with Gasteiger partial charge in [0.1, 0.15) is 15.0 Å². The molecule has 0 amide bonds. The molecule has 0 aliphatic heterocycles. The van der Waals surface area contributed by atoms with Crippen molar-refractivity contribution in [2.24, 2.45) is 0 Å². The van der Waals surface area contributed by atoms with E-state index in [0.717, 1.165) is 17.0 Å². The summed E-state index contributed by atoms with van der Waals surface area (Å²) in [6, 6.07) is 0. The van der Waals surface area contributed by atoms with Gasteiger partial charge in [0.15, 0.2) is 0 Å². The first-order valence-electron chi connectivity index (χ1n) is 4.45. The van der Waals surface area contributed by atoms with E-state index in [1.165, 1.54) is 0 Å². The van der Waals surface area contributed by atoms with Gasteiger partial charge >= 0.3 is 0 Å². The van der Waals surface area contributed by atoms with Crippen LogP contribution in [-0.2, 0) is 13.1 Å². The molecule has 0 aliphatic rings. The molecule has 86 valence electrons. The van der Waals surface area contributed by atoms with Gasteiger partial charge in [-0.05, 0) is 38.8 Å². The number of halogens is 4. The maximum absolute atomic E-state index is 11.9. The summed E-state index contributed by atoms with van der Waals surface area (Å²) in [5.41, 5.74) is 0. The van der Waals surface area contributed by atoms with Crippen molar-refractivity contribution < 1.29 is 8.78 Å². The topological polar surface area (TPSA) is 29.9 Å². The molecule has 15 heavy (non-hydrogen) atoms. The van der Waals surface area contributed by atoms with Crippen LogP contribution in [0.4, 0.5) is 8.78 Å². The van der Waals surface area contributed by atoms with E-state index in [1.807, 2.05) is 11.5 Å². The molecule has 1 heterocycles. The maximum Gasteiger partial charge on any atom is 0.250 e. The van der Waals surface area contributed by atoms with Crippen molar-refractivity contribution in [3.8, 4) is 0 Å². The molecule has 0 spiro atoms. The minimum absolute atomic E-state index is 0.314. The number of imidazole rings is 1. The summed E-state index contributed by atoms with van der Waals surface area (Å²) in [6.45, 7) is 2.73. The molecule has 1 aromatic rings. The summed E-state index contributed by atoms with van der Waals surface area (Å²) < 4.78 is 27.2. The Balaban J connectivity index is 2.64. The van der Waals surface area contributed by atoms with E-state index in [1.54, 1.807) is 0 Å². The highest BCUT2D eigenvalue weighted by atomic mass is 79.9. The molecular formula is C8H11Br2F2N3. The number of aromatic nitrogens is 2. The van der Waals surface area contributed by atoms with Gasteiger partial charge in [0.05, 0.1) is 13.1 Å². The lowest BCUT2D eigenvalue weighted by molar-refractivity contribution is 0.145. The fourth-order valence-corrected chi connectivity index (χ4v) is 2.16. The van der Waals surface area contributed by atoms with Crippen LogP contribution in [0.25, 0.3) is 0 Å². The Hall–Kier alpha value is -0.0100. The normalized spacial score (nSPS) is 11.3. The first-order chi connectivity index (χ1) is 7.06. The van der Waals surface area contributed by atoms with Gasteiger partial charge in [-0.25, -0.2) is 13.8 Å². The van der Waals surface area contributed by atoms with E-state index in [-0.39, 0.29) is 6.54 Å². The van der Waals surface area contributed by atoms with Gasteiger partial charge in [-0.15, -0.1) is 0 Å². The smallest absolute Gasteiger partial charge is 0.250 e. The zero-order valence-corrected chi connectivity index (χ0v) is 11.3. The van der Waals surface area contributed by atoms with E-state index < -0.39 is 6.43 Å². The van der Waals surface area contributed by atoms with Crippen LogP contribution in [-0.4, -0.2) is 22.5 Å². The summed E-state index contributed by atoms with van der Waals surface area (Å²) in [5, 5.41) is 2.64. The Bertz CT molecular complexity index is 328. The SMILES string of the molecule is CCn1c(CNCC(F)F)nc(Br)c1Br. The van der Waals surface area contributed by atoms with Gasteiger partial charge in [-0.3, -0.25) is 0 Å². The average molecular weight is 347 g/mol. The molecule has 0 saturated carbocycles. The summed E-state index contributed by atoms with van der Waals surface area (Å²) in [6.07, 6.45) is -2.33. The minimum Gasteiger partial charge on any atom is -0.321 e. The Morgan fingerprint density at radius 3 is 2.67 bits per heavy atom. The predicted molar refractivity (Wildman–Crippen MR) is 61.0 cm³/mol. The van der Waals surface area contributed by atoms with Crippen LogP contribution in [0, 0.1) is 0 Å². The number of nitrogens with one attached hydrogen (secondary N) is 1. The molecule has 0 unspecified atom stereocenters. The van der Waals surface area contributed by atoms with Crippen LogP contribution in [0.3, 0.4) is 0 Å². The molecule has 1 rings (SSSR count). The molecule has 0 atom stereocenters. The molecule has 0 bridgehead atoms. The molecule has 0 aromatic carbocycles. The van der Waals surface area contributed by atoms with Crippen LogP contribution < -0.4 is 5.32 Å². The fourth-order valence-electron chi connectivity index (χ4n) is 1.19. The Kier molecular flexibility index (Phi) is 5.14. The van der Waals surface area contributed by atoms with Crippen LogP contribution in [0.2, 0.25) is 0 Å². The average Bonchev–Trinajstić information content (AvgIpc) is 2.42. The van der Waals surface area contributed by atoms with Crippen LogP contribution in [0.1, 0.15) is 12.7 Å². The van der Waals surface area contributed by atoms with E-state index in [2.05, 4.69) is 42.2 Å². The largest absolute Gasteiger partial charge is 0.321 e. The highest BCUT2D eigenvalue weighted by molar-refractivity contribution is 9.13. The number of hydrogen-bond donors (Lipinski definition) is 1. The van der Waals surface area contributed by atoms with E-state index >= 15 is 0 Å². The van der Waals surface area contributed by atoms with Crippen LogP contribution >= 0.6 is 31.9 Å². The zero-order valence-electron chi connectivity index (χ0n) is 8.10. The Morgan fingerprint density at radius 1 is 1.47 bits per heavy atom. The lowest BCUT2D eigenvalue weighted by Gasteiger charge is -2.06. The summed E-state index contributed by atoms with van der Waals surface area (Å²) >= 11 is 6.63. The molecule has 1 N–H and O–H groups in total. The molecule has 1 aromatic heterocycles. The maximum atomic E-state index is 11.9. The van der Waals surface area contributed by atoms with Crippen molar-refractivity contribution in [1.29, 1.82) is 0 Å². The first-order valence-corrected chi connectivity index (χ1v) is 6.04. The quantitative estimate of drug-likeness (QED) is 0.888. The Labute approximate surface area is 104 Å². The van der Waals surface area contributed by atoms with Gasteiger partial charge in [0, 0.05) is 6.54 Å². The predicted octanol–water partition coefficient (Wildman–Crippen LogP) is 2.78. The highest BCUT2D eigenvalue weighted by Crippen LogP contribution is 2.23. The lowest BCUT2D eigenvalue weighted by Crippen LogP contribution is -2.22. The molecular weight excluding hydrogens is 336 g/mol. The van der Waals surface area contributed by atoms with E-state index in [0.29, 0.717) is 11.1 Å². The third kappa shape index (κ3) is 3.49. The minimum atomic E-state index is -2.33. The third-order valence-electron chi connectivity index (χ3n) is 1.84. The summed E-state index contributed by atoms with van der Waals surface area (Å²) in [4.78, 5) is 4.20. The van der Waals surface area contributed by atoms with Crippen molar-refractivity contribution in [2.45, 2.75) is 26.4 Å². The van der Waals surface area contributed by atoms with Crippen molar-refractivity contribution in [3.63, 3.8) is 0 Å². The number of alkyl halides is 2. The first kappa shape index (κ1) is 13.1. The third-order valence-corrected chi connectivity index (χ3v) is 3.73. The van der Waals surface area contributed by atoms with Crippen molar-refractivity contribution in [1.82, 2.24) is 14.9 Å². The van der Waals surface area contributed by atoms with Crippen LogP contribution in [0.5, 0.6) is 0 Å². The highest BCUT2D eigenvalue weighted by Gasteiger charge is 2.12. The molecule has 0 fully saturated rings. The van der Waals surface area contributed by atoms with Gasteiger partial charge in [0.2, 0.25) is 0 Å². The number of nitrogens with zero attached hydrogens (tertiary/aromatic N) is 2. The van der Waals surface area contributed by atoms with Gasteiger partial charge < -0.3 is 9.88 Å². The summed E-state index contributed by atoms with van der Waals surface area (Å²) in [7, 11) is 0. The molecule has 0 aliphatic carbocycles. The monoisotopic (exact) mass is 345 g/mol. The second-order valence-corrected chi connectivity index (χ2v) is 4.38. The van der Waals surface area contributed by atoms with Crippen molar-refractivity contribution in [2.75, 3.05) is 6.54 Å². The van der Waals surface area contributed by atoms with Crippen molar-refractivity contribution >= 4 is 31.9 Å². The number of rotatable bonds is 5. The second-order valence-electron chi connectivity index (χ2n) is 2.88. The van der Waals surface area contributed by atoms with E-state index in [9.17, 15) is 8.78 Å². The van der Waals surface area contributed by atoms with Crippen molar-refractivity contribution in [3.05, 3.63) is 15.0 Å². The standard InChI is InChI=1S/C8H11Br2F2N3/c1-2-15-6(4-13-3-5(11)12)14-7(9)8(15)10/h5,13H,2-4H2,1H3. The molecule has 0 radical (unpaired) electrons. The second kappa shape index (κ2) is 5.91. The zero-order chi connectivity index (χ0) is 11.4. The molecule has 3 nitrogen and oxygen atoms in total. The van der Waals surface area contributed by atoms with Gasteiger partial charge in [-0.2, -0.15) is 0 Å². The number of hydrogen-bond acceptors (Lipinski definition) is 2. The molecule has 0 saturated heterocycles. The van der Waals surface area contributed by atoms with Gasteiger partial charge in [-0.1, -0.05) is 0 Å². The van der Waals surface area contributed by atoms with Gasteiger partial charge in [0.25, 0.3) is 6.43 Å². The molecule has 7 heteroatoms. The lowest BCUT2D eigenvalue weighted by atomic mass is 10.5. The fraction of sp³-hybridized carbons (Fsp3) is 0.625.